The van der Waals surface area contributed by atoms with Crippen LogP contribution in [-0.2, 0) is 12.8 Å². The second kappa shape index (κ2) is 7.80. The number of piperidine rings is 1. The molecule has 0 saturated carbocycles. The van der Waals surface area contributed by atoms with Gasteiger partial charge in [0.1, 0.15) is 17.0 Å². The standard InChI is InChI=1S/C23H28N4S/c1-16(17-7-3-2-4-8-17)27-13-11-18(12-14-27)26-22-21-19-9-5-6-10-20(19)28-23(21)25-15-24-22/h2-4,7-8,15-16,18H,5-6,9-14H2,1H3,(H,24,25,26). The Morgan fingerprint density at radius 1 is 1.07 bits per heavy atom. The Morgan fingerprint density at radius 3 is 2.68 bits per heavy atom. The highest BCUT2D eigenvalue weighted by molar-refractivity contribution is 7.19. The lowest BCUT2D eigenvalue weighted by Gasteiger charge is -2.36. The van der Waals surface area contributed by atoms with E-state index in [0.717, 1.165) is 31.7 Å². The number of nitrogens with one attached hydrogen (secondary N) is 1. The van der Waals surface area contributed by atoms with Gasteiger partial charge in [-0.3, -0.25) is 4.90 Å². The number of aromatic nitrogens is 2. The summed E-state index contributed by atoms with van der Waals surface area (Å²) < 4.78 is 0. The third-order valence-corrected chi connectivity index (χ3v) is 7.65. The van der Waals surface area contributed by atoms with Crippen LogP contribution in [-0.4, -0.2) is 34.0 Å². The molecule has 5 heteroatoms. The first-order chi connectivity index (χ1) is 13.8. The Kier molecular flexibility index (Phi) is 5.03. The Balaban J connectivity index is 1.29. The van der Waals surface area contributed by atoms with E-state index >= 15 is 0 Å². The molecule has 0 bridgehead atoms. The summed E-state index contributed by atoms with van der Waals surface area (Å²) in [6.07, 6.45) is 9.07. The first kappa shape index (κ1) is 18.1. The minimum absolute atomic E-state index is 0.483. The maximum absolute atomic E-state index is 4.65. The van der Waals surface area contributed by atoms with E-state index in [2.05, 4.69) is 57.4 Å². The van der Waals surface area contributed by atoms with Gasteiger partial charge >= 0.3 is 0 Å². The lowest BCUT2D eigenvalue weighted by atomic mass is 9.96. The van der Waals surface area contributed by atoms with Crippen LogP contribution in [0, 0.1) is 0 Å². The first-order valence-electron chi connectivity index (χ1n) is 10.6. The number of hydrogen-bond acceptors (Lipinski definition) is 5. The lowest BCUT2D eigenvalue weighted by Crippen LogP contribution is -2.40. The molecule has 4 nitrogen and oxygen atoms in total. The van der Waals surface area contributed by atoms with Crippen molar-refractivity contribution in [3.63, 3.8) is 0 Å². The predicted octanol–water partition coefficient (Wildman–Crippen LogP) is 5.21. The number of fused-ring (bicyclic) bond motifs is 3. The fourth-order valence-electron chi connectivity index (χ4n) is 4.77. The van der Waals surface area contributed by atoms with Gasteiger partial charge in [0.15, 0.2) is 0 Å². The molecule has 1 atom stereocenters. The van der Waals surface area contributed by atoms with Crippen molar-refractivity contribution in [2.24, 2.45) is 0 Å². The average Bonchev–Trinajstić information content (AvgIpc) is 3.14. The molecule has 1 saturated heterocycles. The normalized spacial score (nSPS) is 19.5. The van der Waals surface area contributed by atoms with Crippen molar-refractivity contribution in [1.82, 2.24) is 14.9 Å². The van der Waals surface area contributed by atoms with E-state index in [1.807, 2.05) is 11.3 Å². The number of hydrogen-bond donors (Lipinski definition) is 1. The topological polar surface area (TPSA) is 41.0 Å². The molecule has 1 N–H and O–H groups in total. The molecule has 146 valence electrons. The van der Waals surface area contributed by atoms with Crippen molar-refractivity contribution in [3.05, 3.63) is 52.7 Å². The molecule has 28 heavy (non-hydrogen) atoms. The van der Waals surface area contributed by atoms with E-state index in [0.29, 0.717) is 12.1 Å². The van der Waals surface area contributed by atoms with E-state index < -0.39 is 0 Å². The van der Waals surface area contributed by atoms with E-state index in [-0.39, 0.29) is 0 Å². The monoisotopic (exact) mass is 392 g/mol. The molecule has 1 aliphatic heterocycles. The molecule has 1 unspecified atom stereocenters. The van der Waals surface area contributed by atoms with Gasteiger partial charge in [-0.1, -0.05) is 30.3 Å². The Hall–Kier alpha value is -1.98. The van der Waals surface area contributed by atoms with Crippen LogP contribution in [0.2, 0.25) is 0 Å². The minimum atomic E-state index is 0.483. The zero-order chi connectivity index (χ0) is 18.9. The minimum Gasteiger partial charge on any atom is -0.367 e. The second-order valence-corrected chi connectivity index (χ2v) is 9.24. The number of anilines is 1. The third-order valence-electron chi connectivity index (χ3n) is 6.45. The van der Waals surface area contributed by atoms with Gasteiger partial charge in [-0.25, -0.2) is 9.97 Å². The molecule has 0 spiro atoms. The van der Waals surface area contributed by atoms with Crippen molar-refractivity contribution in [1.29, 1.82) is 0 Å². The Morgan fingerprint density at radius 2 is 1.86 bits per heavy atom. The van der Waals surface area contributed by atoms with Crippen molar-refractivity contribution < 1.29 is 0 Å². The van der Waals surface area contributed by atoms with Crippen molar-refractivity contribution >= 4 is 27.4 Å². The van der Waals surface area contributed by atoms with Gasteiger partial charge in [0.2, 0.25) is 0 Å². The highest BCUT2D eigenvalue weighted by Gasteiger charge is 2.25. The predicted molar refractivity (Wildman–Crippen MR) is 117 cm³/mol. The van der Waals surface area contributed by atoms with Crippen LogP contribution in [0.1, 0.15) is 54.7 Å². The van der Waals surface area contributed by atoms with Crippen LogP contribution in [0.25, 0.3) is 10.2 Å². The Bertz CT molecular complexity index is 944. The van der Waals surface area contributed by atoms with E-state index in [9.17, 15) is 0 Å². The maximum Gasteiger partial charge on any atom is 0.138 e. The maximum atomic E-state index is 4.65. The Labute approximate surface area is 171 Å². The van der Waals surface area contributed by atoms with Crippen LogP contribution < -0.4 is 5.32 Å². The molecule has 3 aromatic rings. The fourth-order valence-corrected chi connectivity index (χ4v) is 6.00. The summed E-state index contributed by atoms with van der Waals surface area (Å²) >= 11 is 1.88. The van der Waals surface area contributed by atoms with Gasteiger partial charge in [0, 0.05) is 30.1 Å². The summed E-state index contributed by atoms with van der Waals surface area (Å²) in [4.78, 5) is 14.5. The molecule has 0 radical (unpaired) electrons. The van der Waals surface area contributed by atoms with Crippen molar-refractivity contribution in [2.75, 3.05) is 18.4 Å². The lowest BCUT2D eigenvalue weighted by molar-refractivity contribution is 0.167. The van der Waals surface area contributed by atoms with Crippen molar-refractivity contribution in [3.8, 4) is 0 Å². The molecule has 2 aromatic heterocycles. The van der Waals surface area contributed by atoms with Crippen LogP contribution in [0.5, 0.6) is 0 Å². The molecule has 2 aliphatic rings. The molecule has 1 aliphatic carbocycles. The summed E-state index contributed by atoms with van der Waals surface area (Å²) in [6, 6.07) is 11.8. The van der Waals surface area contributed by atoms with Crippen molar-refractivity contribution in [2.45, 2.75) is 57.5 Å². The largest absolute Gasteiger partial charge is 0.367 e. The van der Waals surface area contributed by atoms with Crippen LogP contribution >= 0.6 is 11.3 Å². The van der Waals surface area contributed by atoms with Gasteiger partial charge in [-0.15, -0.1) is 11.3 Å². The molecule has 0 amide bonds. The zero-order valence-corrected chi connectivity index (χ0v) is 17.3. The number of benzene rings is 1. The fraction of sp³-hybridized carbons (Fsp3) is 0.478. The van der Waals surface area contributed by atoms with Gasteiger partial charge in [-0.2, -0.15) is 0 Å². The summed E-state index contributed by atoms with van der Waals surface area (Å²) in [5.74, 6) is 1.07. The highest BCUT2D eigenvalue weighted by Crippen LogP contribution is 2.38. The number of rotatable bonds is 4. The van der Waals surface area contributed by atoms with E-state index in [1.54, 1.807) is 6.33 Å². The average molecular weight is 393 g/mol. The molecule has 1 fully saturated rings. The molecular weight excluding hydrogens is 364 g/mol. The van der Waals surface area contributed by atoms with E-state index in [1.165, 1.54) is 51.9 Å². The van der Waals surface area contributed by atoms with E-state index in [4.69, 9.17) is 0 Å². The highest BCUT2D eigenvalue weighted by atomic mass is 32.1. The molecule has 3 heterocycles. The quantitative estimate of drug-likeness (QED) is 0.662. The first-order valence-corrected chi connectivity index (χ1v) is 11.4. The van der Waals surface area contributed by atoms with Crippen LogP contribution in [0.15, 0.2) is 36.7 Å². The zero-order valence-electron chi connectivity index (χ0n) is 16.5. The second-order valence-electron chi connectivity index (χ2n) is 8.15. The summed E-state index contributed by atoms with van der Waals surface area (Å²) in [5, 5.41) is 5.10. The number of likely N-dealkylation sites (tertiary alicyclic amines) is 1. The van der Waals surface area contributed by atoms with Crippen LogP contribution in [0.4, 0.5) is 5.82 Å². The molecular formula is C23H28N4S. The molecule has 1 aromatic carbocycles. The summed E-state index contributed by atoms with van der Waals surface area (Å²) in [7, 11) is 0. The van der Waals surface area contributed by atoms with Gasteiger partial charge in [0.25, 0.3) is 0 Å². The van der Waals surface area contributed by atoms with Gasteiger partial charge in [-0.05, 0) is 56.6 Å². The number of thiophene rings is 1. The van der Waals surface area contributed by atoms with Gasteiger partial charge in [0.05, 0.1) is 5.39 Å². The number of nitrogens with zero attached hydrogens (tertiary/aromatic N) is 3. The summed E-state index contributed by atoms with van der Waals surface area (Å²) in [5.41, 5.74) is 2.93. The molecule has 5 rings (SSSR count). The third kappa shape index (κ3) is 3.42. The SMILES string of the molecule is CC(c1ccccc1)N1CCC(Nc2ncnc3sc4c(c23)CCCC4)CC1. The smallest absolute Gasteiger partial charge is 0.138 e. The number of aryl methyl sites for hydroxylation is 2. The van der Waals surface area contributed by atoms with Gasteiger partial charge < -0.3 is 5.32 Å². The van der Waals surface area contributed by atoms with Crippen LogP contribution in [0.3, 0.4) is 0 Å². The summed E-state index contributed by atoms with van der Waals surface area (Å²) in [6.45, 7) is 4.59.